The second-order valence-corrected chi connectivity index (χ2v) is 7.82. The molecule has 162 valence electrons. The van der Waals surface area contributed by atoms with Crippen LogP contribution in [0.4, 0.5) is 5.13 Å². The molecule has 0 saturated carbocycles. The monoisotopic (exact) mass is 436 g/mol. The molecule has 0 spiro atoms. The zero-order chi connectivity index (χ0) is 22.1. The Kier molecular flexibility index (Phi) is 8.24. The van der Waals surface area contributed by atoms with Crippen molar-refractivity contribution in [3.63, 3.8) is 0 Å². The van der Waals surface area contributed by atoms with Gasteiger partial charge in [0.25, 0.3) is 5.91 Å². The Labute approximate surface area is 188 Å². The maximum Gasteiger partial charge on any atom is 0.252 e. The predicted octanol–water partition coefficient (Wildman–Crippen LogP) is 6.06. The number of carbonyl (C=O) groups is 1. The third kappa shape index (κ3) is 6.18. The standard InChI is InChI=1S/C25H28N2O3S/c1-4-16-27(24(28)15-8-19-6-11-22(12-7-19)30-17-5-2)25-26-23(18-31-25)20-9-13-21(29-3)14-10-20/h6-15,18H,4-5,16-17H2,1-3H3. The Morgan fingerprint density at radius 1 is 1.03 bits per heavy atom. The second kappa shape index (κ2) is 11.3. The van der Waals surface area contributed by atoms with Crippen LogP contribution in [0.2, 0.25) is 0 Å². The summed E-state index contributed by atoms with van der Waals surface area (Å²) in [4.78, 5) is 19.3. The molecule has 31 heavy (non-hydrogen) atoms. The zero-order valence-corrected chi connectivity index (χ0v) is 19.0. The SMILES string of the molecule is CCCOc1ccc(C=CC(=O)N(CCC)c2nc(-c3ccc(OC)cc3)cs2)cc1. The van der Waals surface area contributed by atoms with Gasteiger partial charge in [-0.1, -0.05) is 26.0 Å². The summed E-state index contributed by atoms with van der Waals surface area (Å²) < 4.78 is 10.8. The predicted molar refractivity (Wildman–Crippen MR) is 128 cm³/mol. The van der Waals surface area contributed by atoms with E-state index < -0.39 is 0 Å². The summed E-state index contributed by atoms with van der Waals surface area (Å²) in [6.07, 6.45) is 5.25. The number of anilines is 1. The Morgan fingerprint density at radius 3 is 2.39 bits per heavy atom. The first-order chi connectivity index (χ1) is 15.1. The molecule has 1 heterocycles. The van der Waals surface area contributed by atoms with Crippen LogP contribution in [-0.2, 0) is 4.79 Å². The molecule has 0 aliphatic carbocycles. The van der Waals surface area contributed by atoms with Crippen LogP contribution >= 0.6 is 11.3 Å². The van der Waals surface area contributed by atoms with E-state index in [1.165, 1.54) is 11.3 Å². The number of hydrogen-bond acceptors (Lipinski definition) is 5. The molecule has 0 saturated heterocycles. The first-order valence-electron chi connectivity index (χ1n) is 10.5. The second-order valence-electron chi connectivity index (χ2n) is 6.98. The number of amides is 1. The fourth-order valence-corrected chi connectivity index (χ4v) is 3.82. The highest BCUT2D eigenvalue weighted by molar-refractivity contribution is 7.14. The summed E-state index contributed by atoms with van der Waals surface area (Å²) in [5.41, 5.74) is 2.79. The number of aromatic nitrogens is 1. The number of ether oxygens (including phenoxy) is 2. The van der Waals surface area contributed by atoms with Crippen LogP contribution in [0, 0.1) is 0 Å². The highest BCUT2D eigenvalue weighted by Crippen LogP contribution is 2.29. The van der Waals surface area contributed by atoms with E-state index >= 15 is 0 Å². The molecule has 0 aliphatic rings. The molecule has 0 N–H and O–H groups in total. The van der Waals surface area contributed by atoms with E-state index in [-0.39, 0.29) is 5.91 Å². The van der Waals surface area contributed by atoms with Crippen LogP contribution < -0.4 is 14.4 Å². The average molecular weight is 437 g/mol. The van der Waals surface area contributed by atoms with Crippen molar-refractivity contribution >= 4 is 28.5 Å². The molecule has 0 fully saturated rings. The molecule has 2 aromatic carbocycles. The van der Waals surface area contributed by atoms with Crippen molar-refractivity contribution in [3.8, 4) is 22.8 Å². The third-order valence-electron chi connectivity index (χ3n) is 4.59. The van der Waals surface area contributed by atoms with E-state index in [1.54, 1.807) is 18.1 Å². The van der Waals surface area contributed by atoms with Gasteiger partial charge in [0.1, 0.15) is 11.5 Å². The lowest BCUT2D eigenvalue weighted by molar-refractivity contribution is -0.114. The van der Waals surface area contributed by atoms with Crippen molar-refractivity contribution in [3.05, 3.63) is 65.6 Å². The van der Waals surface area contributed by atoms with Crippen molar-refractivity contribution in [2.24, 2.45) is 0 Å². The van der Waals surface area contributed by atoms with Gasteiger partial charge in [-0.05, 0) is 60.9 Å². The zero-order valence-electron chi connectivity index (χ0n) is 18.2. The molecule has 0 unspecified atom stereocenters. The molecule has 0 bridgehead atoms. The molecule has 0 aliphatic heterocycles. The maximum atomic E-state index is 12.9. The molecule has 0 atom stereocenters. The summed E-state index contributed by atoms with van der Waals surface area (Å²) in [5.74, 6) is 1.56. The van der Waals surface area contributed by atoms with E-state index in [2.05, 4.69) is 13.8 Å². The first kappa shape index (κ1) is 22.6. The highest BCUT2D eigenvalue weighted by Gasteiger charge is 2.17. The summed E-state index contributed by atoms with van der Waals surface area (Å²) in [7, 11) is 1.65. The lowest BCUT2D eigenvalue weighted by Gasteiger charge is -2.17. The van der Waals surface area contributed by atoms with Crippen LogP contribution in [-0.4, -0.2) is 31.2 Å². The molecular weight excluding hydrogens is 408 g/mol. The lowest BCUT2D eigenvalue weighted by Crippen LogP contribution is -2.29. The average Bonchev–Trinajstić information content (AvgIpc) is 3.30. The van der Waals surface area contributed by atoms with E-state index in [0.29, 0.717) is 18.3 Å². The summed E-state index contributed by atoms with van der Waals surface area (Å²) >= 11 is 1.47. The quantitative estimate of drug-likeness (QED) is 0.362. The van der Waals surface area contributed by atoms with Gasteiger partial charge in [-0.2, -0.15) is 0 Å². The Balaban J connectivity index is 1.71. The van der Waals surface area contributed by atoms with E-state index in [1.807, 2.05) is 60.0 Å². The van der Waals surface area contributed by atoms with Crippen LogP contribution in [0.5, 0.6) is 11.5 Å². The van der Waals surface area contributed by atoms with Crippen molar-refractivity contribution < 1.29 is 14.3 Å². The summed E-state index contributed by atoms with van der Waals surface area (Å²) in [5, 5.41) is 2.68. The van der Waals surface area contributed by atoms with Gasteiger partial charge in [0.15, 0.2) is 5.13 Å². The molecule has 0 radical (unpaired) electrons. The maximum absolute atomic E-state index is 12.9. The molecule has 1 amide bonds. The molecular formula is C25H28N2O3S. The third-order valence-corrected chi connectivity index (χ3v) is 5.46. The first-order valence-corrected chi connectivity index (χ1v) is 11.3. The van der Waals surface area contributed by atoms with Gasteiger partial charge in [-0.15, -0.1) is 11.3 Å². The van der Waals surface area contributed by atoms with E-state index in [4.69, 9.17) is 14.5 Å². The Bertz CT molecular complexity index is 994. The van der Waals surface area contributed by atoms with Crippen LogP contribution in [0.15, 0.2) is 60.0 Å². The van der Waals surface area contributed by atoms with E-state index in [9.17, 15) is 4.79 Å². The Hall–Kier alpha value is -3.12. The fraction of sp³-hybridized carbons (Fsp3) is 0.280. The normalized spacial score (nSPS) is 10.9. The largest absolute Gasteiger partial charge is 0.497 e. The van der Waals surface area contributed by atoms with Gasteiger partial charge in [-0.25, -0.2) is 4.98 Å². The smallest absolute Gasteiger partial charge is 0.252 e. The molecule has 5 nitrogen and oxygen atoms in total. The van der Waals surface area contributed by atoms with Crippen molar-refractivity contribution in [2.75, 3.05) is 25.2 Å². The number of hydrogen-bond donors (Lipinski definition) is 0. The van der Waals surface area contributed by atoms with Gasteiger partial charge in [0, 0.05) is 23.6 Å². The number of methoxy groups -OCH3 is 1. The van der Waals surface area contributed by atoms with Crippen LogP contribution in [0.1, 0.15) is 32.3 Å². The summed E-state index contributed by atoms with van der Waals surface area (Å²) in [6, 6.07) is 15.5. The fourth-order valence-electron chi connectivity index (χ4n) is 2.96. The number of carbonyl (C=O) groups excluding carboxylic acids is 1. The van der Waals surface area contributed by atoms with Crippen molar-refractivity contribution in [1.29, 1.82) is 0 Å². The van der Waals surface area contributed by atoms with Gasteiger partial charge in [0.05, 0.1) is 19.4 Å². The number of thiazole rings is 1. The molecule has 3 aromatic rings. The Morgan fingerprint density at radius 2 is 1.74 bits per heavy atom. The number of nitrogens with zero attached hydrogens (tertiary/aromatic N) is 2. The van der Waals surface area contributed by atoms with Crippen LogP contribution in [0.3, 0.4) is 0 Å². The number of benzene rings is 2. The highest BCUT2D eigenvalue weighted by atomic mass is 32.1. The minimum absolute atomic E-state index is 0.0798. The lowest BCUT2D eigenvalue weighted by atomic mass is 10.2. The topological polar surface area (TPSA) is 51.7 Å². The van der Waals surface area contributed by atoms with Gasteiger partial charge in [-0.3, -0.25) is 9.69 Å². The van der Waals surface area contributed by atoms with Gasteiger partial charge < -0.3 is 9.47 Å². The number of rotatable bonds is 10. The minimum atomic E-state index is -0.0798. The van der Waals surface area contributed by atoms with Gasteiger partial charge in [0.2, 0.25) is 0 Å². The molecule has 1 aromatic heterocycles. The van der Waals surface area contributed by atoms with Crippen molar-refractivity contribution in [2.45, 2.75) is 26.7 Å². The molecule has 3 rings (SSSR count). The molecule has 6 heteroatoms. The van der Waals surface area contributed by atoms with Crippen LogP contribution in [0.25, 0.3) is 17.3 Å². The van der Waals surface area contributed by atoms with E-state index in [0.717, 1.165) is 41.2 Å². The summed E-state index contributed by atoms with van der Waals surface area (Å²) in [6.45, 7) is 5.44. The van der Waals surface area contributed by atoms with Crippen molar-refractivity contribution in [1.82, 2.24) is 4.98 Å². The van der Waals surface area contributed by atoms with Gasteiger partial charge >= 0.3 is 0 Å². The minimum Gasteiger partial charge on any atom is -0.497 e.